The second-order valence-electron chi connectivity index (χ2n) is 6.16. The molecule has 0 bridgehead atoms. The topological polar surface area (TPSA) is 60.5 Å². The van der Waals surface area contributed by atoms with E-state index in [2.05, 4.69) is 10.3 Å². The van der Waals surface area contributed by atoms with Crippen LogP contribution in [0.15, 0.2) is 42.6 Å². The van der Waals surface area contributed by atoms with E-state index < -0.39 is 11.6 Å². The summed E-state index contributed by atoms with van der Waals surface area (Å²) in [5, 5.41) is 2.88. The van der Waals surface area contributed by atoms with E-state index in [4.69, 9.17) is 9.47 Å². The van der Waals surface area contributed by atoms with Gasteiger partial charge in [-0.1, -0.05) is 6.07 Å². The number of benzene rings is 1. The van der Waals surface area contributed by atoms with E-state index in [0.29, 0.717) is 26.2 Å². The van der Waals surface area contributed by atoms with Gasteiger partial charge in [0.05, 0.1) is 31.4 Å². The molecule has 7 heteroatoms. The Morgan fingerprint density at radius 1 is 1.27 bits per heavy atom. The van der Waals surface area contributed by atoms with Gasteiger partial charge in [-0.25, -0.2) is 8.78 Å². The van der Waals surface area contributed by atoms with Crippen molar-refractivity contribution in [2.75, 3.05) is 13.2 Å². The Morgan fingerprint density at radius 3 is 2.81 bits per heavy atom. The Morgan fingerprint density at radius 2 is 2.08 bits per heavy atom. The van der Waals surface area contributed by atoms with E-state index in [0.717, 1.165) is 23.9 Å². The molecule has 1 aromatic heterocycles. The van der Waals surface area contributed by atoms with Gasteiger partial charge >= 0.3 is 0 Å². The van der Waals surface area contributed by atoms with Gasteiger partial charge in [-0.3, -0.25) is 9.78 Å². The zero-order chi connectivity index (χ0) is 18.4. The van der Waals surface area contributed by atoms with E-state index in [9.17, 15) is 13.6 Å². The summed E-state index contributed by atoms with van der Waals surface area (Å²) in [6, 6.07) is 8.42. The fraction of sp³-hybridized carbons (Fsp3) is 0.368. The van der Waals surface area contributed by atoms with Crippen LogP contribution in [0.25, 0.3) is 0 Å². The number of aromatic nitrogens is 1. The van der Waals surface area contributed by atoms with Gasteiger partial charge in [0.1, 0.15) is 17.7 Å². The molecule has 1 amide bonds. The van der Waals surface area contributed by atoms with Gasteiger partial charge in [0, 0.05) is 18.9 Å². The number of hydrogen-bond donors (Lipinski definition) is 1. The third kappa shape index (κ3) is 5.31. The number of pyridine rings is 1. The van der Waals surface area contributed by atoms with Crippen molar-refractivity contribution >= 4 is 5.91 Å². The predicted molar refractivity (Wildman–Crippen MR) is 90.2 cm³/mol. The molecule has 0 saturated carbocycles. The molecule has 0 radical (unpaired) electrons. The average molecular weight is 362 g/mol. The molecular formula is C19H20F2N2O3. The van der Waals surface area contributed by atoms with Crippen LogP contribution in [0.1, 0.15) is 17.7 Å². The van der Waals surface area contributed by atoms with Crippen molar-refractivity contribution in [3.8, 4) is 0 Å². The Bertz CT molecular complexity index is 723. The van der Waals surface area contributed by atoms with Gasteiger partial charge in [0.15, 0.2) is 0 Å². The molecule has 1 fully saturated rings. The van der Waals surface area contributed by atoms with E-state index in [1.54, 1.807) is 6.20 Å². The summed E-state index contributed by atoms with van der Waals surface area (Å²) in [6.07, 6.45) is 1.89. The molecule has 0 spiro atoms. The molecule has 5 nitrogen and oxygen atoms in total. The van der Waals surface area contributed by atoms with Crippen LogP contribution in [0.5, 0.6) is 0 Å². The molecule has 3 rings (SSSR count). The molecule has 2 aromatic rings. The summed E-state index contributed by atoms with van der Waals surface area (Å²) in [6.45, 7) is 1.20. The van der Waals surface area contributed by atoms with Crippen molar-refractivity contribution in [3.05, 3.63) is 65.5 Å². The van der Waals surface area contributed by atoms with Gasteiger partial charge in [0.25, 0.3) is 0 Å². The van der Waals surface area contributed by atoms with E-state index in [1.807, 2.05) is 18.2 Å². The maximum atomic E-state index is 13.2. The first-order chi connectivity index (χ1) is 12.6. The predicted octanol–water partition coefficient (Wildman–Crippen LogP) is 2.39. The first-order valence-corrected chi connectivity index (χ1v) is 8.44. The Labute approximate surface area is 150 Å². The van der Waals surface area contributed by atoms with Crippen molar-refractivity contribution in [3.63, 3.8) is 0 Å². The number of nitrogens with zero attached hydrogens (tertiary/aromatic N) is 1. The smallest absolute Gasteiger partial charge is 0.224 e. The van der Waals surface area contributed by atoms with Gasteiger partial charge < -0.3 is 14.8 Å². The number of carbonyl (C=O) groups is 1. The number of rotatable bonds is 6. The van der Waals surface area contributed by atoms with Crippen LogP contribution in [0, 0.1) is 11.6 Å². The minimum atomic E-state index is -0.699. The van der Waals surface area contributed by atoms with E-state index >= 15 is 0 Å². The van der Waals surface area contributed by atoms with Crippen LogP contribution in [0.4, 0.5) is 8.78 Å². The zero-order valence-electron chi connectivity index (χ0n) is 14.2. The Balaban J connectivity index is 1.56. The van der Waals surface area contributed by atoms with Crippen molar-refractivity contribution < 1.29 is 23.0 Å². The molecule has 0 aliphatic carbocycles. The van der Waals surface area contributed by atoms with Crippen LogP contribution >= 0.6 is 0 Å². The number of hydrogen-bond acceptors (Lipinski definition) is 4. The van der Waals surface area contributed by atoms with Crippen molar-refractivity contribution in [1.29, 1.82) is 0 Å². The number of halogens is 2. The van der Waals surface area contributed by atoms with Gasteiger partial charge in [0.2, 0.25) is 5.91 Å². The fourth-order valence-corrected chi connectivity index (χ4v) is 2.87. The number of carbonyl (C=O) groups excluding carboxylic acids is 1. The monoisotopic (exact) mass is 362 g/mol. The first kappa shape index (κ1) is 18.4. The third-order valence-electron chi connectivity index (χ3n) is 4.11. The van der Waals surface area contributed by atoms with Crippen LogP contribution in [-0.2, 0) is 27.3 Å². The quantitative estimate of drug-likeness (QED) is 0.857. The van der Waals surface area contributed by atoms with Crippen LogP contribution in [0.2, 0.25) is 0 Å². The van der Waals surface area contributed by atoms with Gasteiger partial charge in [-0.2, -0.15) is 0 Å². The third-order valence-corrected chi connectivity index (χ3v) is 4.11. The minimum absolute atomic E-state index is 0.0982. The minimum Gasteiger partial charge on any atom is -0.379 e. The highest BCUT2D eigenvalue weighted by Crippen LogP contribution is 2.14. The zero-order valence-corrected chi connectivity index (χ0v) is 14.2. The fourth-order valence-electron chi connectivity index (χ4n) is 2.87. The first-order valence-electron chi connectivity index (χ1n) is 8.44. The summed E-state index contributed by atoms with van der Waals surface area (Å²) < 4.78 is 37.8. The lowest BCUT2D eigenvalue weighted by molar-refractivity contribution is -0.126. The van der Waals surface area contributed by atoms with Gasteiger partial charge in [-0.05, 0) is 36.2 Å². The maximum Gasteiger partial charge on any atom is 0.224 e. The van der Waals surface area contributed by atoms with Gasteiger partial charge in [-0.15, -0.1) is 0 Å². The van der Waals surface area contributed by atoms with Crippen LogP contribution < -0.4 is 5.32 Å². The largest absolute Gasteiger partial charge is 0.379 e. The molecule has 26 heavy (non-hydrogen) atoms. The highest BCUT2D eigenvalue weighted by atomic mass is 19.1. The summed E-state index contributed by atoms with van der Waals surface area (Å²) in [7, 11) is 0. The molecule has 0 unspecified atom stereocenters. The summed E-state index contributed by atoms with van der Waals surface area (Å²) in [5.74, 6) is -1.71. The van der Waals surface area contributed by atoms with Crippen LogP contribution in [0.3, 0.4) is 0 Å². The Hall–Kier alpha value is -2.38. The Kier molecular flexibility index (Phi) is 6.25. The maximum absolute atomic E-state index is 13.2. The second kappa shape index (κ2) is 8.82. The molecule has 2 heterocycles. The van der Waals surface area contributed by atoms with E-state index in [-0.39, 0.29) is 30.0 Å². The molecule has 1 aliphatic rings. The van der Waals surface area contributed by atoms with E-state index in [1.165, 1.54) is 0 Å². The highest BCUT2D eigenvalue weighted by Gasteiger charge is 2.28. The molecule has 138 valence electrons. The lowest BCUT2D eigenvalue weighted by Crippen LogP contribution is -2.50. The summed E-state index contributed by atoms with van der Waals surface area (Å²) in [4.78, 5) is 16.5. The number of amides is 1. The van der Waals surface area contributed by atoms with Crippen molar-refractivity contribution in [2.45, 2.75) is 31.6 Å². The molecule has 1 saturated heterocycles. The standard InChI is InChI=1S/C19H20F2N2O3/c20-14-7-13(8-15(21)10-14)9-19(24)23-17-4-6-25-12-18(17)26-11-16-3-1-2-5-22-16/h1-3,5,7-8,10,17-18H,4,6,9,11-12H2,(H,23,24)/t17-,18-/m1/s1. The molecular weight excluding hydrogens is 342 g/mol. The average Bonchev–Trinajstić information content (AvgIpc) is 2.61. The SMILES string of the molecule is O=C(Cc1cc(F)cc(F)c1)N[C@@H]1CCOC[C@H]1OCc1ccccn1. The molecule has 1 N–H and O–H groups in total. The summed E-state index contributed by atoms with van der Waals surface area (Å²) >= 11 is 0. The van der Waals surface area contributed by atoms with Crippen molar-refractivity contribution in [2.24, 2.45) is 0 Å². The second-order valence-corrected chi connectivity index (χ2v) is 6.16. The molecule has 1 aromatic carbocycles. The lowest BCUT2D eigenvalue weighted by atomic mass is 10.0. The van der Waals surface area contributed by atoms with Crippen molar-refractivity contribution in [1.82, 2.24) is 10.3 Å². The number of ether oxygens (including phenoxy) is 2. The summed E-state index contributed by atoms with van der Waals surface area (Å²) in [5.41, 5.74) is 1.08. The number of nitrogens with one attached hydrogen (secondary N) is 1. The normalized spacial score (nSPS) is 19.9. The highest BCUT2D eigenvalue weighted by molar-refractivity contribution is 5.78. The molecule has 1 aliphatic heterocycles. The van der Waals surface area contributed by atoms with Crippen LogP contribution in [-0.4, -0.2) is 36.3 Å². The lowest BCUT2D eigenvalue weighted by Gasteiger charge is -2.32. The molecule has 2 atom stereocenters.